The van der Waals surface area contributed by atoms with Gasteiger partial charge in [0.1, 0.15) is 11.8 Å². The molecule has 7 heteroatoms. The standard InChI is InChI=1S/C25H23N3O4/c1-15-11-22-23(25(31)28(15)10-9-17-7-8-20(29)21(30)13-17)18(19(14-26)24(27)32-22)12-16-5-3-2-4-6-16/h2-8,11,13,18,29-30H,9-10,12,27H2,1H3/t18-/m1/s1. The van der Waals surface area contributed by atoms with E-state index in [2.05, 4.69) is 6.07 Å². The van der Waals surface area contributed by atoms with Crippen LogP contribution in [0.15, 0.2) is 70.8 Å². The minimum absolute atomic E-state index is 0.0250. The number of rotatable bonds is 5. The molecule has 1 aromatic heterocycles. The first kappa shape index (κ1) is 21.1. The number of allylic oxidation sites excluding steroid dienone is 1. The molecule has 2 aromatic carbocycles. The zero-order valence-corrected chi connectivity index (χ0v) is 17.6. The molecule has 0 spiro atoms. The number of hydrogen-bond acceptors (Lipinski definition) is 6. The zero-order valence-electron chi connectivity index (χ0n) is 17.6. The second-order valence-electron chi connectivity index (χ2n) is 7.83. The Morgan fingerprint density at radius 2 is 1.84 bits per heavy atom. The van der Waals surface area contributed by atoms with Gasteiger partial charge >= 0.3 is 0 Å². The van der Waals surface area contributed by atoms with Gasteiger partial charge < -0.3 is 25.3 Å². The lowest BCUT2D eigenvalue weighted by atomic mass is 9.85. The first-order valence-electron chi connectivity index (χ1n) is 10.3. The van der Waals surface area contributed by atoms with Crippen molar-refractivity contribution in [3.63, 3.8) is 0 Å². The van der Waals surface area contributed by atoms with Crippen molar-refractivity contribution in [3.8, 4) is 23.3 Å². The Morgan fingerprint density at radius 1 is 1.09 bits per heavy atom. The molecule has 4 N–H and O–H groups in total. The number of benzene rings is 2. The summed E-state index contributed by atoms with van der Waals surface area (Å²) in [6, 6.07) is 18.1. The molecule has 0 amide bonds. The summed E-state index contributed by atoms with van der Waals surface area (Å²) >= 11 is 0. The number of aromatic nitrogens is 1. The minimum Gasteiger partial charge on any atom is -0.504 e. The summed E-state index contributed by atoms with van der Waals surface area (Å²) in [7, 11) is 0. The normalized spacial score (nSPS) is 15.1. The van der Waals surface area contributed by atoms with Crippen LogP contribution in [0.25, 0.3) is 0 Å². The predicted molar refractivity (Wildman–Crippen MR) is 119 cm³/mol. The van der Waals surface area contributed by atoms with Crippen LogP contribution in [0.2, 0.25) is 0 Å². The molecule has 3 aromatic rings. The lowest BCUT2D eigenvalue weighted by molar-refractivity contribution is 0.382. The van der Waals surface area contributed by atoms with Crippen LogP contribution in [-0.4, -0.2) is 14.8 Å². The summed E-state index contributed by atoms with van der Waals surface area (Å²) in [6.07, 6.45) is 0.922. The predicted octanol–water partition coefficient (Wildman–Crippen LogP) is 3.22. The van der Waals surface area contributed by atoms with Crippen LogP contribution in [0.5, 0.6) is 17.2 Å². The van der Waals surface area contributed by atoms with E-state index >= 15 is 0 Å². The van der Waals surface area contributed by atoms with E-state index < -0.39 is 5.92 Å². The third-order valence-electron chi connectivity index (χ3n) is 5.76. The molecule has 0 saturated heterocycles. The molecular formula is C25H23N3O4. The maximum Gasteiger partial charge on any atom is 0.258 e. The van der Waals surface area contributed by atoms with E-state index in [0.717, 1.165) is 11.1 Å². The largest absolute Gasteiger partial charge is 0.504 e. The van der Waals surface area contributed by atoms with Crippen LogP contribution in [0.4, 0.5) is 0 Å². The van der Waals surface area contributed by atoms with Gasteiger partial charge in [-0.05, 0) is 43.0 Å². The number of aromatic hydroxyl groups is 2. The highest BCUT2D eigenvalue weighted by Crippen LogP contribution is 2.38. The Hall–Kier alpha value is -4.18. The van der Waals surface area contributed by atoms with Gasteiger partial charge in [0.25, 0.3) is 5.56 Å². The van der Waals surface area contributed by atoms with Gasteiger partial charge in [0.2, 0.25) is 5.88 Å². The average molecular weight is 429 g/mol. The minimum atomic E-state index is -0.511. The number of phenols is 2. The lowest BCUT2D eigenvalue weighted by Gasteiger charge is -2.27. The molecule has 1 aliphatic heterocycles. The van der Waals surface area contributed by atoms with Gasteiger partial charge in [-0.1, -0.05) is 36.4 Å². The average Bonchev–Trinajstić information content (AvgIpc) is 2.76. The van der Waals surface area contributed by atoms with E-state index in [1.807, 2.05) is 37.3 Å². The lowest BCUT2D eigenvalue weighted by Crippen LogP contribution is -2.33. The van der Waals surface area contributed by atoms with E-state index in [1.165, 1.54) is 12.1 Å². The highest BCUT2D eigenvalue weighted by Gasteiger charge is 2.33. The van der Waals surface area contributed by atoms with E-state index in [9.17, 15) is 20.3 Å². The quantitative estimate of drug-likeness (QED) is 0.536. The van der Waals surface area contributed by atoms with Crippen LogP contribution in [0.3, 0.4) is 0 Å². The molecule has 1 atom stereocenters. The van der Waals surface area contributed by atoms with Gasteiger partial charge in [0.05, 0.1) is 11.1 Å². The second-order valence-corrected chi connectivity index (χ2v) is 7.83. The van der Waals surface area contributed by atoms with Crippen LogP contribution in [-0.2, 0) is 19.4 Å². The molecule has 0 radical (unpaired) electrons. The first-order chi connectivity index (χ1) is 15.4. The van der Waals surface area contributed by atoms with E-state index in [0.29, 0.717) is 36.4 Å². The Kier molecular flexibility index (Phi) is 5.61. The maximum atomic E-state index is 13.6. The highest BCUT2D eigenvalue weighted by atomic mass is 16.5. The third-order valence-corrected chi connectivity index (χ3v) is 5.76. The van der Waals surface area contributed by atoms with Gasteiger partial charge in [-0.3, -0.25) is 4.79 Å². The van der Waals surface area contributed by atoms with Crippen LogP contribution >= 0.6 is 0 Å². The number of nitrogens with two attached hydrogens (primary N) is 1. The molecule has 0 fully saturated rings. The summed E-state index contributed by atoms with van der Waals surface area (Å²) in [5.74, 6) is -0.499. The van der Waals surface area contributed by atoms with Crippen molar-refractivity contribution in [1.82, 2.24) is 4.57 Å². The SMILES string of the molecule is Cc1cc2c(c(=O)n1CCc1ccc(O)c(O)c1)[C@H](Cc1ccccc1)C(C#N)=C(N)O2. The van der Waals surface area contributed by atoms with Crippen molar-refractivity contribution < 1.29 is 14.9 Å². The van der Waals surface area contributed by atoms with Crippen LogP contribution in [0, 0.1) is 18.3 Å². The monoisotopic (exact) mass is 429 g/mol. The number of ether oxygens (including phenoxy) is 1. The Bertz CT molecular complexity index is 1300. The van der Waals surface area contributed by atoms with Gasteiger partial charge in [0, 0.05) is 24.2 Å². The molecule has 32 heavy (non-hydrogen) atoms. The molecule has 0 saturated carbocycles. The Morgan fingerprint density at radius 3 is 2.53 bits per heavy atom. The second kappa shape index (κ2) is 8.52. The molecule has 0 unspecified atom stereocenters. The zero-order chi connectivity index (χ0) is 22.8. The molecule has 4 rings (SSSR count). The summed E-state index contributed by atoms with van der Waals surface area (Å²) in [5.41, 5.74) is 8.92. The number of hydrogen-bond donors (Lipinski definition) is 3. The smallest absolute Gasteiger partial charge is 0.258 e. The van der Waals surface area contributed by atoms with Crippen LogP contribution in [0.1, 0.15) is 28.3 Å². The van der Waals surface area contributed by atoms with Gasteiger partial charge in [-0.25, -0.2) is 0 Å². The molecule has 2 heterocycles. The number of fused-ring (bicyclic) bond motifs is 1. The maximum absolute atomic E-state index is 13.6. The van der Waals surface area contributed by atoms with Crippen molar-refractivity contribution in [3.05, 3.63) is 98.8 Å². The molecule has 7 nitrogen and oxygen atoms in total. The third kappa shape index (κ3) is 3.91. The van der Waals surface area contributed by atoms with Gasteiger partial charge in [0.15, 0.2) is 11.5 Å². The van der Waals surface area contributed by atoms with E-state index in [1.54, 1.807) is 16.7 Å². The highest BCUT2D eigenvalue weighted by molar-refractivity contribution is 5.50. The number of pyridine rings is 1. The van der Waals surface area contributed by atoms with Gasteiger partial charge in [-0.2, -0.15) is 5.26 Å². The number of phenolic OH excluding ortho intramolecular Hbond substituents is 2. The molecule has 1 aliphatic rings. The number of aryl methyl sites for hydroxylation is 2. The number of nitrogens with zero attached hydrogens (tertiary/aromatic N) is 2. The van der Waals surface area contributed by atoms with Crippen molar-refractivity contribution in [2.45, 2.75) is 32.2 Å². The molecule has 0 bridgehead atoms. The van der Waals surface area contributed by atoms with Gasteiger partial charge in [-0.15, -0.1) is 0 Å². The van der Waals surface area contributed by atoms with Crippen molar-refractivity contribution in [2.24, 2.45) is 5.73 Å². The van der Waals surface area contributed by atoms with E-state index in [-0.39, 0.29) is 28.5 Å². The summed E-state index contributed by atoms with van der Waals surface area (Å²) in [6.45, 7) is 2.17. The fourth-order valence-electron chi connectivity index (χ4n) is 4.08. The summed E-state index contributed by atoms with van der Waals surface area (Å²) in [5, 5.41) is 29.0. The molecular weight excluding hydrogens is 406 g/mol. The molecule has 0 aliphatic carbocycles. The Labute approximate surface area is 185 Å². The Balaban J connectivity index is 1.74. The fraction of sp³-hybridized carbons (Fsp3) is 0.200. The van der Waals surface area contributed by atoms with Crippen molar-refractivity contribution in [2.75, 3.05) is 0 Å². The topological polar surface area (TPSA) is 122 Å². The summed E-state index contributed by atoms with van der Waals surface area (Å²) < 4.78 is 7.31. The summed E-state index contributed by atoms with van der Waals surface area (Å²) in [4.78, 5) is 13.6. The number of nitriles is 1. The fourth-order valence-corrected chi connectivity index (χ4v) is 4.08. The molecule has 162 valence electrons. The first-order valence-corrected chi connectivity index (χ1v) is 10.3. The van der Waals surface area contributed by atoms with E-state index in [4.69, 9.17) is 10.5 Å². The van der Waals surface area contributed by atoms with Crippen LogP contribution < -0.4 is 16.0 Å². The van der Waals surface area contributed by atoms with Crippen molar-refractivity contribution in [1.29, 1.82) is 5.26 Å². The van der Waals surface area contributed by atoms with Crippen molar-refractivity contribution >= 4 is 0 Å².